The van der Waals surface area contributed by atoms with E-state index in [1.807, 2.05) is 5.32 Å². The molecule has 15 heavy (non-hydrogen) atoms. The number of esters is 1. The van der Waals surface area contributed by atoms with E-state index in [4.69, 9.17) is 4.74 Å². The Morgan fingerprint density at radius 2 is 1.80 bits per heavy atom. The minimum atomic E-state index is -0.808. The quantitative estimate of drug-likeness (QED) is 0.433. The Balaban J connectivity index is 2.94. The van der Waals surface area contributed by atoms with Gasteiger partial charge in [-0.15, -0.1) is 0 Å². The van der Waals surface area contributed by atoms with Gasteiger partial charge in [-0.1, -0.05) is 0 Å². The minimum absolute atomic E-state index is 0.0817. The van der Waals surface area contributed by atoms with E-state index in [9.17, 15) is 14.4 Å². The lowest BCUT2D eigenvalue weighted by atomic mass is 10.2. The summed E-state index contributed by atoms with van der Waals surface area (Å²) < 4.78 is 4.89. The van der Waals surface area contributed by atoms with Gasteiger partial charge in [0.1, 0.15) is 15.7 Å². The molecule has 1 aliphatic rings. The Morgan fingerprint density at radius 3 is 2.13 bits per heavy atom. The van der Waals surface area contributed by atoms with Crippen LogP contribution in [0.25, 0.3) is 0 Å². The molecule has 0 aromatic rings. The first-order valence-electron chi connectivity index (χ1n) is 4.21. The minimum Gasteiger partial charge on any atom is -0.456 e. The van der Waals surface area contributed by atoms with Gasteiger partial charge in [0.15, 0.2) is 0 Å². The van der Waals surface area contributed by atoms with Gasteiger partial charge in [-0.05, 0) is 36.7 Å². The number of ether oxygens (including phenoxy) is 1. The summed E-state index contributed by atoms with van der Waals surface area (Å²) >= 11 is 2.86. The Bertz CT molecular complexity index is 378. The highest BCUT2D eigenvalue weighted by atomic mass is 79.9. The molecule has 0 aliphatic carbocycles. The van der Waals surface area contributed by atoms with Crippen molar-refractivity contribution < 1.29 is 19.1 Å². The van der Waals surface area contributed by atoms with Crippen LogP contribution in [0, 0.1) is 0 Å². The highest BCUT2D eigenvalue weighted by Gasteiger charge is 2.36. The number of hydrogen-bond acceptors (Lipinski definition) is 4. The Morgan fingerprint density at radius 1 is 1.27 bits per heavy atom. The van der Waals surface area contributed by atoms with Gasteiger partial charge in [-0.25, -0.2) is 4.79 Å². The number of nitrogens with one attached hydrogen (secondary N) is 1. The lowest BCUT2D eigenvalue weighted by Gasteiger charge is -2.19. The molecule has 0 fully saturated rings. The maximum atomic E-state index is 11.5. The van der Waals surface area contributed by atoms with Crippen LogP contribution in [-0.4, -0.2) is 23.4 Å². The standard InChI is InChI=1S/C9H10BrNO4/c1-9(2,3)15-8(14)4-5(10)7(13)11-6(4)12/h1-3H3,(H,11,12,13). The van der Waals surface area contributed by atoms with Crippen molar-refractivity contribution in [1.29, 1.82) is 0 Å². The van der Waals surface area contributed by atoms with E-state index in [0.717, 1.165) is 0 Å². The van der Waals surface area contributed by atoms with Crippen molar-refractivity contribution in [2.24, 2.45) is 0 Å². The van der Waals surface area contributed by atoms with E-state index < -0.39 is 23.4 Å². The highest BCUT2D eigenvalue weighted by Crippen LogP contribution is 2.21. The molecule has 1 aliphatic heterocycles. The second-order valence-electron chi connectivity index (χ2n) is 3.97. The number of carbonyl (C=O) groups is 3. The highest BCUT2D eigenvalue weighted by molar-refractivity contribution is 9.12. The number of rotatable bonds is 1. The van der Waals surface area contributed by atoms with E-state index in [0.29, 0.717) is 0 Å². The molecule has 82 valence electrons. The maximum Gasteiger partial charge on any atom is 0.345 e. The fourth-order valence-corrected chi connectivity index (χ4v) is 1.39. The zero-order chi connectivity index (χ0) is 11.8. The average Bonchev–Trinajstić information content (AvgIpc) is 2.22. The van der Waals surface area contributed by atoms with E-state index in [2.05, 4.69) is 15.9 Å². The second kappa shape index (κ2) is 3.77. The number of halogens is 1. The normalized spacial score (nSPS) is 16.8. The largest absolute Gasteiger partial charge is 0.456 e. The van der Waals surface area contributed by atoms with Gasteiger partial charge < -0.3 is 4.74 Å². The summed E-state index contributed by atoms with van der Waals surface area (Å²) in [6.45, 7) is 5.02. The van der Waals surface area contributed by atoms with Crippen LogP contribution < -0.4 is 5.32 Å². The fraction of sp³-hybridized carbons (Fsp3) is 0.444. The first-order valence-corrected chi connectivity index (χ1v) is 5.00. The SMILES string of the molecule is CC(C)(C)OC(=O)C1=C(Br)C(=O)NC1=O. The third-order valence-corrected chi connectivity index (χ3v) is 2.23. The third kappa shape index (κ3) is 2.65. The summed E-state index contributed by atoms with van der Waals surface area (Å²) in [5.74, 6) is -2.17. The molecular formula is C9H10BrNO4. The van der Waals surface area contributed by atoms with E-state index in [1.165, 1.54) is 0 Å². The van der Waals surface area contributed by atoms with Gasteiger partial charge in [0, 0.05) is 0 Å². The Labute approximate surface area is 95.0 Å². The van der Waals surface area contributed by atoms with Crippen molar-refractivity contribution in [1.82, 2.24) is 5.32 Å². The molecule has 5 nitrogen and oxygen atoms in total. The molecule has 0 atom stereocenters. The van der Waals surface area contributed by atoms with Crippen molar-refractivity contribution in [3.05, 3.63) is 10.1 Å². The van der Waals surface area contributed by atoms with Crippen LogP contribution in [0.3, 0.4) is 0 Å². The summed E-state index contributed by atoms with van der Waals surface area (Å²) in [7, 11) is 0. The lowest BCUT2D eigenvalue weighted by molar-refractivity contribution is -0.150. The molecule has 0 bridgehead atoms. The van der Waals surface area contributed by atoms with Crippen LogP contribution >= 0.6 is 15.9 Å². The van der Waals surface area contributed by atoms with Crippen LogP contribution in [0.5, 0.6) is 0 Å². The van der Waals surface area contributed by atoms with Crippen LogP contribution in [0.2, 0.25) is 0 Å². The topological polar surface area (TPSA) is 72.5 Å². The van der Waals surface area contributed by atoms with Crippen LogP contribution in [0.4, 0.5) is 0 Å². The molecule has 0 aromatic heterocycles. The molecule has 0 saturated heterocycles. The van der Waals surface area contributed by atoms with Gasteiger partial charge in [0.05, 0.1) is 0 Å². The van der Waals surface area contributed by atoms with E-state index in [-0.39, 0.29) is 10.1 Å². The third-order valence-electron chi connectivity index (χ3n) is 1.48. The summed E-state index contributed by atoms with van der Waals surface area (Å²) in [6, 6.07) is 0. The number of carbonyl (C=O) groups excluding carboxylic acids is 3. The molecule has 1 N–H and O–H groups in total. The molecule has 0 aromatic carbocycles. The molecule has 2 amide bonds. The molecule has 0 radical (unpaired) electrons. The Kier molecular flexibility index (Phi) is 2.99. The first-order chi connectivity index (χ1) is 6.72. The van der Waals surface area contributed by atoms with Gasteiger partial charge >= 0.3 is 5.97 Å². The van der Waals surface area contributed by atoms with Crippen LogP contribution in [-0.2, 0) is 19.1 Å². The molecular weight excluding hydrogens is 266 g/mol. The van der Waals surface area contributed by atoms with Crippen molar-refractivity contribution in [2.45, 2.75) is 26.4 Å². The Hall–Kier alpha value is -1.17. The predicted octanol–water partition coefficient (Wildman–Crippen LogP) is 0.633. The van der Waals surface area contributed by atoms with Crippen molar-refractivity contribution >= 4 is 33.7 Å². The van der Waals surface area contributed by atoms with Crippen molar-refractivity contribution in [2.75, 3.05) is 0 Å². The molecule has 1 rings (SSSR count). The zero-order valence-corrected chi connectivity index (χ0v) is 10.1. The average molecular weight is 276 g/mol. The van der Waals surface area contributed by atoms with E-state index >= 15 is 0 Å². The summed E-state index contributed by atoms with van der Waals surface area (Å²) in [5.41, 5.74) is -0.988. The fourth-order valence-electron chi connectivity index (χ4n) is 0.945. The first kappa shape index (κ1) is 11.9. The number of hydrogen-bond donors (Lipinski definition) is 1. The molecule has 0 unspecified atom stereocenters. The van der Waals surface area contributed by atoms with E-state index in [1.54, 1.807) is 20.8 Å². The molecule has 6 heteroatoms. The zero-order valence-electron chi connectivity index (χ0n) is 8.51. The molecule has 0 spiro atoms. The maximum absolute atomic E-state index is 11.5. The van der Waals surface area contributed by atoms with Crippen LogP contribution in [0.1, 0.15) is 20.8 Å². The van der Waals surface area contributed by atoms with Crippen molar-refractivity contribution in [3.8, 4) is 0 Å². The summed E-state index contributed by atoms with van der Waals surface area (Å²) in [5, 5.41) is 1.98. The molecule has 1 heterocycles. The number of imide groups is 1. The number of amides is 2. The smallest absolute Gasteiger partial charge is 0.345 e. The van der Waals surface area contributed by atoms with Gasteiger partial charge in [0.25, 0.3) is 11.8 Å². The second-order valence-corrected chi connectivity index (χ2v) is 4.77. The molecule has 0 saturated carbocycles. The lowest BCUT2D eigenvalue weighted by Crippen LogP contribution is -2.29. The van der Waals surface area contributed by atoms with Gasteiger partial charge in [-0.2, -0.15) is 0 Å². The van der Waals surface area contributed by atoms with Gasteiger partial charge in [0.2, 0.25) is 0 Å². The predicted molar refractivity (Wildman–Crippen MR) is 54.9 cm³/mol. The van der Waals surface area contributed by atoms with Gasteiger partial charge in [-0.3, -0.25) is 14.9 Å². The van der Waals surface area contributed by atoms with Crippen LogP contribution in [0.15, 0.2) is 10.1 Å². The monoisotopic (exact) mass is 275 g/mol. The summed E-state index contributed by atoms with van der Waals surface area (Å²) in [6.07, 6.45) is 0. The van der Waals surface area contributed by atoms with Crippen molar-refractivity contribution in [3.63, 3.8) is 0 Å². The summed E-state index contributed by atoms with van der Waals surface area (Å²) in [4.78, 5) is 33.7.